The van der Waals surface area contributed by atoms with Crippen molar-refractivity contribution in [2.24, 2.45) is 0 Å². The summed E-state index contributed by atoms with van der Waals surface area (Å²) in [6, 6.07) is 4.91. The summed E-state index contributed by atoms with van der Waals surface area (Å²) in [4.78, 5) is 24.0. The van der Waals surface area contributed by atoms with Crippen LogP contribution in [0, 0.1) is 0 Å². The molecule has 0 spiro atoms. The lowest BCUT2D eigenvalue weighted by Crippen LogP contribution is -2.00. The summed E-state index contributed by atoms with van der Waals surface area (Å²) in [7, 11) is 0. The number of ether oxygens (including phenoxy) is 1. The maximum Gasteiger partial charge on any atom is 0.200 e. The van der Waals surface area contributed by atoms with Gasteiger partial charge in [-0.3, -0.25) is 9.59 Å². The number of fused-ring (bicyclic) bond motifs is 1. The van der Waals surface area contributed by atoms with E-state index in [0.717, 1.165) is 12.8 Å². The molecule has 1 aliphatic rings. The zero-order valence-electron chi connectivity index (χ0n) is 15.8. The summed E-state index contributed by atoms with van der Waals surface area (Å²) in [5.74, 6) is -0.259. The third-order valence-corrected chi connectivity index (χ3v) is 4.87. The third-order valence-electron chi connectivity index (χ3n) is 4.87. The van der Waals surface area contributed by atoms with Crippen LogP contribution in [-0.2, 0) is 0 Å². The molecule has 0 atom stereocenters. The van der Waals surface area contributed by atoms with E-state index in [2.05, 4.69) is 6.92 Å². The van der Waals surface area contributed by atoms with Gasteiger partial charge in [-0.25, -0.2) is 0 Å². The Kier molecular flexibility index (Phi) is 8.39. The fraction of sp³-hybridized carbons (Fsp3) is 0.545. The molecule has 2 rings (SSSR count). The van der Waals surface area contributed by atoms with Gasteiger partial charge in [0.25, 0.3) is 0 Å². The van der Waals surface area contributed by atoms with Gasteiger partial charge in [-0.15, -0.1) is 0 Å². The van der Waals surface area contributed by atoms with Gasteiger partial charge < -0.3 is 9.84 Å². The maximum absolute atomic E-state index is 12.0. The van der Waals surface area contributed by atoms with E-state index in [1.807, 2.05) is 0 Å². The van der Waals surface area contributed by atoms with E-state index in [1.165, 1.54) is 51.4 Å². The Morgan fingerprint density at radius 2 is 1.42 bits per heavy atom. The summed E-state index contributed by atoms with van der Waals surface area (Å²) in [6.45, 7) is 2.85. The van der Waals surface area contributed by atoms with Crippen LogP contribution in [0.2, 0.25) is 0 Å². The van der Waals surface area contributed by atoms with Gasteiger partial charge in [-0.1, -0.05) is 64.7 Å². The molecule has 1 N–H and O–H groups in total. The number of carbonyl (C=O) groups is 2. The SMILES string of the molecule is CCCCCCCCCCCCOc1ccc2c(c1)C(=O)/C(=C\O)C2=O. The molecule has 0 amide bonds. The Morgan fingerprint density at radius 1 is 0.846 bits per heavy atom. The summed E-state index contributed by atoms with van der Waals surface area (Å²) in [5.41, 5.74) is 0.476. The van der Waals surface area contributed by atoms with Crippen molar-refractivity contribution in [2.45, 2.75) is 71.1 Å². The average molecular weight is 358 g/mol. The van der Waals surface area contributed by atoms with Crippen LogP contribution >= 0.6 is 0 Å². The maximum atomic E-state index is 12.0. The Morgan fingerprint density at radius 3 is 2.04 bits per heavy atom. The summed E-state index contributed by atoms with van der Waals surface area (Å²) >= 11 is 0. The molecule has 0 saturated carbocycles. The van der Waals surface area contributed by atoms with Crippen molar-refractivity contribution in [1.29, 1.82) is 0 Å². The van der Waals surface area contributed by atoms with Crippen molar-refractivity contribution in [3.05, 3.63) is 41.2 Å². The minimum Gasteiger partial charge on any atom is -0.515 e. The number of ketones is 2. The van der Waals surface area contributed by atoms with E-state index in [1.54, 1.807) is 18.2 Å². The van der Waals surface area contributed by atoms with Gasteiger partial charge >= 0.3 is 0 Å². The summed E-state index contributed by atoms with van der Waals surface area (Å²) < 4.78 is 5.71. The number of aliphatic hydroxyl groups excluding tert-OH is 1. The first-order valence-corrected chi connectivity index (χ1v) is 9.89. The molecule has 0 aromatic heterocycles. The first-order valence-electron chi connectivity index (χ1n) is 9.89. The van der Waals surface area contributed by atoms with Crippen LogP contribution in [0.4, 0.5) is 0 Å². The van der Waals surface area contributed by atoms with Gasteiger partial charge in [-0.2, -0.15) is 0 Å². The molecule has 1 aromatic carbocycles. The zero-order valence-corrected chi connectivity index (χ0v) is 15.8. The molecule has 142 valence electrons. The Bertz CT molecular complexity index is 646. The quantitative estimate of drug-likeness (QED) is 0.222. The van der Waals surface area contributed by atoms with Gasteiger partial charge in [0, 0.05) is 11.1 Å². The van der Waals surface area contributed by atoms with E-state index in [0.29, 0.717) is 29.7 Å². The molecule has 1 aliphatic carbocycles. The lowest BCUT2D eigenvalue weighted by Gasteiger charge is -2.07. The summed E-state index contributed by atoms with van der Waals surface area (Å²) in [5, 5.41) is 9.03. The van der Waals surface area contributed by atoms with E-state index < -0.39 is 11.6 Å². The molecular weight excluding hydrogens is 328 g/mol. The predicted molar refractivity (Wildman–Crippen MR) is 103 cm³/mol. The van der Waals surface area contributed by atoms with E-state index in [9.17, 15) is 9.59 Å². The fourth-order valence-electron chi connectivity index (χ4n) is 3.29. The second kappa shape index (κ2) is 10.8. The second-order valence-corrected chi connectivity index (χ2v) is 6.94. The molecule has 1 aromatic rings. The third kappa shape index (κ3) is 5.45. The Hall–Kier alpha value is -2.10. The highest BCUT2D eigenvalue weighted by molar-refractivity contribution is 6.39. The summed E-state index contributed by atoms with van der Waals surface area (Å²) in [6.07, 6.45) is 13.3. The smallest absolute Gasteiger partial charge is 0.200 e. The molecule has 0 saturated heterocycles. The van der Waals surface area contributed by atoms with Crippen LogP contribution in [0.1, 0.15) is 91.8 Å². The van der Waals surface area contributed by atoms with Gasteiger partial charge in [0.05, 0.1) is 12.9 Å². The minimum atomic E-state index is -0.433. The van der Waals surface area contributed by atoms with Crippen molar-refractivity contribution < 1.29 is 19.4 Å². The number of hydrogen-bond donors (Lipinski definition) is 1. The number of Topliss-reactive ketones (excluding diaryl/α,β-unsaturated/α-hetero) is 2. The largest absolute Gasteiger partial charge is 0.515 e. The van der Waals surface area contributed by atoms with Crippen molar-refractivity contribution in [2.75, 3.05) is 6.61 Å². The van der Waals surface area contributed by atoms with Crippen LogP contribution in [0.15, 0.2) is 30.0 Å². The highest BCUT2D eigenvalue weighted by atomic mass is 16.5. The minimum absolute atomic E-state index is 0.174. The van der Waals surface area contributed by atoms with Gasteiger partial charge in [0.1, 0.15) is 11.3 Å². The van der Waals surface area contributed by atoms with Crippen LogP contribution in [0.25, 0.3) is 0 Å². The number of unbranched alkanes of at least 4 members (excludes halogenated alkanes) is 9. The van der Waals surface area contributed by atoms with Crippen molar-refractivity contribution in [3.63, 3.8) is 0 Å². The molecular formula is C22H30O4. The molecule has 0 radical (unpaired) electrons. The normalized spacial score (nSPS) is 14.9. The van der Waals surface area contributed by atoms with Gasteiger partial charge in [0.15, 0.2) is 0 Å². The molecule has 26 heavy (non-hydrogen) atoms. The standard InChI is InChI=1S/C22H30O4/c1-2-3-4-5-6-7-8-9-10-11-14-26-17-12-13-18-19(15-17)22(25)20(16-23)21(18)24/h12-13,15-16,23H,2-11,14H2,1H3/b20-16-. The topological polar surface area (TPSA) is 63.6 Å². The number of carbonyl (C=O) groups excluding carboxylic acids is 2. The van der Waals surface area contributed by atoms with Crippen LogP contribution in [0.5, 0.6) is 5.75 Å². The van der Waals surface area contributed by atoms with Crippen LogP contribution in [-0.4, -0.2) is 23.3 Å². The van der Waals surface area contributed by atoms with E-state index in [-0.39, 0.29) is 5.57 Å². The molecule has 0 aliphatic heterocycles. The molecule has 0 fully saturated rings. The molecule has 4 nitrogen and oxygen atoms in total. The zero-order chi connectivity index (χ0) is 18.8. The number of rotatable bonds is 12. The number of hydrogen-bond acceptors (Lipinski definition) is 4. The molecule has 4 heteroatoms. The van der Waals surface area contributed by atoms with E-state index in [4.69, 9.17) is 9.84 Å². The lowest BCUT2D eigenvalue weighted by molar-refractivity contribution is 0.0984. The van der Waals surface area contributed by atoms with Crippen LogP contribution in [0.3, 0.4) is 0 Å². The first-order chi connectivity index (χ1) is 12.7. The number of aliphatic hydroxyl groups is 1. The van der Waals surface area contributed by atoms with E-state index >= 15 is 0 Å². The Balaban J connectivity index is 1.62. The van der Waals surface area contributed by atoms with Crippen LogP contribution < -0.4 is 4.74 Å². The first kappa shape index (κ1) is 20.2. The average Bonchev–Trinajstić information content (AvgIpc) is 2.89. The molecule has 0 heterocycles. The molecule has 0 unspecified atom stereocenters. The Labute approximate surface area is 156 Å². The van der Waals surface area contributed by atoms with Crippen molar-refractivity contribution in [1.82, 2.24) is 0 Å². The molecule has 0 bridgehead atoms. The van der Waals surface area contributed by atoms with Crippen molar-refractivity contribution in [3.8, 4) is 5.75 Å². The van der Waals surface area contributed by atoms with Gasteiger partial charge in [-0.05, 0) is 24.6 Å². The predicted octanol–water partition coefficient (Wildman–Crippen LogP) is 5.81. The van der Waals surface area contributed by atoms with Gasteiger partial charge in [0.2, 0.25) is 11.6 Å². The fourth-order valence-corrected chi connectivity index (χ4v) is 3.29. The number of benzene rings is 1. The second-order valence-electron chi connectivity index (χ2n) is 6.94. The highest BCUT2D eigenvalue weighted by Gasteiger charge is 2.33. The lowest BCUT2D eigenvalue weighted by atomic mass is 10.1. The highest BCUT2D eigenvalue weighted by Crippen LogP contribution is 2.29. The number of allylic oxidation sites excluding steroid dienone is 1. The van der Waals surface area contributed by atoms with Crippen molar-refractivity contribution >= 4 is 11.6 Å². The monoisotopic (exact) mass is 358 g/mol.